The zero-order valence-electron chi connectivity index (χ0n) is 14.3. The van der Waals surface area contributed by atoms with Crippen molar-refractivity contribution in [3.8, 4) is 0 Å². The molecule has 1 nitrogen and oxygen atoms in total. The van der Waals surface area contributed by atoms with E-state index in [-0.39, 0.29) is 5.60 Å². The molecule has 0 N–H and O–H groups in total. The van der Waals surface area contributed by atoms with Gasteiger partial charge in [-0.3, -0.25) is 0 Å². The summed E-state index contributed by atoms with van der Waals surface area (Å²) in [7, 11) is -1.50. The van der Waals surface area contributed by atoms with Crippen LogP contribution in [0.25, 0.3) is 0 Å². The lowest BCUT2D eigenvalue weighted by Gasteiger charge is -2.38. The summed E-state index contributed by atoms with van der Waals surface area (Å²) < 4.78 is 6.66. The minimum Gasteiger partial charge on any atom is -0.409 e. The Morgan fingerprint density at radius 3 is 1.50 bits per heavy atom. The van der Waals surface area contributed by atoms with Gasteiger partial charge in [0.15, 0.2) is 8.32 Å². The standard InChI is InChI=1S/C18H36OSi/c1-5-15-18(19-20(2,3)4)16-13-11-9-7-6-8-10-12-14-17-18/h5,15H,6-14,16-17H2,1-4H3. The molecule has 20 heavy (non-hydrogen) atoms. The lowest BCUT2D eigenvalue weighted by Crippen LogP contribution is -2.41. The second-order valence-electron chi connectivity index (χ2n) is 7.46. The number of hydrogen-bond donors (Lipinski definition) is 0. The maximum atomic E-state index is 6.66. The number of hydrogen-bond acceptors (Lipinski definition) is 1. The van der Waals surface area contributed by atoms with Crippen molar-refractivity contribution < 1.29 is 4.43 Å². The van der Waals surface area contributed by atoms with Crippen LogP contribution in [-0.4, -0.2) is 13.9 Å². The van der Waals surface area contributed by atoms with Crippen LogP contribution in [-0.2, 0) is 4.43 Å². The third kappa shape index (κ3) is 7.63. The molecular formula is C18H36OSi. The van der Waals surface area contributed by atoms with Crippen LogP contribution in [0.3, 0.4) is 0 Å². The van der Waals surface area contributed by atoms with Crippen molar-refractivity contribution in [1.29, 1.82) is 0 Å². The molecule has 1 rings (SSSR count). The van der Waals surface area contributed by atoms with Gasteiger partial charge >= 0.3 is 0 Å². The van der Waals surface area contributed by atoms with Gasteiger partial charge in [0.05, 0.1) is 5.60 Å². The van der Waals surface area contributed by atoms with Crippen LogP contribution in [0.4, 0.5) is 0 Å². The predicted octanol–water partition coefficient (Wildman–Crippen LogP) is 6.46. The first kappa shape index (κ1) is 18.0. The van der Waals surface area contributed by atoms with Crippen molar-refractivity contribution in [1.82, 2.24) is 0 Å². The second kappa shape index (κ2) is 9.04. The van der Waals surface area contributed by atoms with E-state index < -0.39 is 8.32 Å². The van der Waals surface area contributed by atoms with E-state index >= 15 is 0 Å². The minimum absolute atomic E-state index is 0.0401. The highest BCUT2D eigenvalue weighted by atomic mass is 28.4. The van der Waals surface area contributed by atoms with Crippen LogP contribution in [0.2, 0.25) is 19.6 Å². The maximum absolute atomic E-state index is 6.66. The highest BCUT2D eigenvalue weighted by Crippen LogP contribution is 2.32. The van der Waals surface area contributed by atoms with Crippen LogP contribution in [0, 0.1) is 0 Å². The molecule has 0 spiro atoms. The summed E-state index contributed by atoms with van der Waals surface area (Å²) in [6.45, 7) is 9.13. The molecule has 0 aromatic rings. The van der Waals surface area contributed by atoms with Crippen molar-refractivity contribution in [3.05, 3.63) is 12.2 Å². The van der Waals surface area contributed by atoms with Gasteiger partial charge in [-0.2, -0.15) is 0 Å². The Bertz CT molecular complexity index is 266. The zero-order chi connectivity index (χ0) is 14.9. The Balaban J connectivity index is 2.72. The van der Waals surface area contributed by atoms with Crippen molar-refractivity contribution in [2.24, 2.45) is 0 Å². The SMILES string of the molecule is CC=CC1(O[Si](C)(C)C)CCCCCCCCCCC1. The third-order valence-electron chi connectivity index (χ3n) is 4.18. The topological polar surface area (TPSA) is 9.23 Å². The van der Waals surface area contributed by atoms with E-state index in [9.17, 15) is 0 Å². The summed E-state index contributed by atoms with van der Waals surface area (Å²) >= 11 is 0. The van der Waals surface area contributed by atoms with Gasteiger partial charge in [-0.05, 0) is 39.4 Å². The largest absolute Gasteiger partial charge is 0.409 e. The van der Waals surface area contributed by atoms with E-state index in [1.165, 1.54) is 70.6 Å². The number of rotatable bonds is 3. The molecule has 118 valence electrons. The summed E-state index contributed by atoms with van der Waals surface area (Å²) in [6.07, 6.45) is 19.6. The van der Waals surface area contributed by atoms with Gasteiger partial charge in [0.1, 0.15) is 0 Å². The van der Waals surface area contributed by atoms with Gasteiger partial charge in [-0.25, -0.2) is 0 Å². The molecule has 1 aliphatic rings. The molecule has 2 heteroatoms. The molecule has 0 heterocycles. The lowest BCUT2D eigenvalue weighted by molar-refractivity contribution is 0.0850. The molecule has 0 amide bonds. The molecule has 1 fully saturated rings. The smallest absolute Gasteiger partial charge is 0.184 e. The molecular weight excluding hydrogens is 260 g/mol. The van der Waals surface area contributed by atoms with Gasteiger partial charge in [0.2, 0.25) is 0 Å². The summed E-state index contributed by atoms with van der Waals surface area (Å²) in [4.78, 5) is 0. The molecule has 0 aromatic heterocycles. The van der Waals surface area contributed by atoms with E-state index in [1.807, 2.05) is 0 Å². The fourth-order valence-electron chi connectivity index (χ4n) is 3.43. The van der Waals surface area contributed by atoms with Crippen LogP contribution >= 0.6 is 0 Å². The van der Waals surface area contributed by atoms with Crippen LogP contribution < -0.4 is 0 Å². The monoisotopic (exact) mass is 296 g/mol. The summed E-state index contributed by atoms with van der Waals surface area (Å²) in [6, 6.07) is 0. The second-order valence-corrected chi connectivity index (χ2v) is 11.9. The maximum Gasteiger partial charge on any atom is 0.184 e. The Morgan fingerprint density at radius 1 is 0.750 bits per heavy atom. The normalized spacial score (nSPS) is 23.2. The first-order valence-electron chi connectivity index (χ1n) is 8.81. The van der Waals surface area contributed by atoms with Gasteiger partial charge in [0, 0.05) is 0 Å². The van der Waals surface area contributed by atoms with Crippen LogP contribution in [0.15, 0.2) is 12.2 Å². The molecule has 0 radical (unpaired) electrons. The zero-order valence-corrected chi connectivity index (χ0v) is 15.3. The Hall–Kier alpha value is -0.0831. The van der Waals surface area contributed by atoms with Crippen molar-refractivity contribution >= 4 is 8.32 Å². The summed E-state index contributed by atoms with van der Waals surface area (Å²) in [5.41, 5.74) is 0.0401. The Labute approximate surface area is 128 Å². The van der Waals surface area contributed by atoms with E-state index in [0.29, 0.717) is 0 Å². The molecule has 1 aliphatic carbocycles. The molecule has 0 aromatic carbocycles. The fraction of sp³-hybridized carbons (Fsp3) is 0.889. The van der Waals surface area contributed by atoms with Gasteiger partial charge in [-0.15, -0.1) is 0 Å². The highest BCUT2D eigenvalue weighted by Gasteiger charge is 2.32. The molecule has 0 saturated heterocycles. The summed E-state index contributed by atoms with van der Waals surface area (Å²) in [5, 5.41) is 0. The molecule has 0 atom stereocenters. The van der Waals surface area contributed by atoms with Crippen LogP contribution in [0.1, 0.15) is 77.6 Å². The Kier molecular flexibility index (Phi) is 8.12. The average Bonchev–Trinajstić information content (AvgIpc) is 2.32. The van der Waals surface area contributed by atoms with E-state index in [1.54, 1.807) is 0 Å². The van der Waals surface area contributed by atoms with Crippen molar-refractivity contribution in [2.45, 2.75) is 103 Å². The predicted molar refractivity (Wildman–Crippen MR) is 92.8 cm³/mol. The summed E-state index contributed by atoms with van der Waals surface area (Å²) in [5.74, 6) is 0. The number of allylic oxidation sites excluding steroid dienone is 1. The first-order valence-corrected chi connectivity index (χ1v) is 12.2. The molecule has 0 aliphatic heterocycles. The highest BCUT2D eigenvalue weighted by molar-refractivity contribution is 6.69. The molecule has 1 saturated carbocycles. The minimum atomic E-state index is -1.50. The van der Waals surface area contributed by atoms with Gasteiger partial charge in [0.25, 0.3) is 0 Å². The molecule has 0 unspecified atom stereocenters. The third-order valence-corrected chi connectivity index (χ3v) is 5.20. The molecule has 0 bridgehead atoms. The van der Waals surface area contributed by atoms with Crippen molar-refractivity contribution in [2.75, 3.05) is 0 Å². The van der Waals surface area contributed by atoms with E-state index in [4.69, 9.17) is 4.43 Å². The van der Waals surface area contributed by atoms with Gasteiger partial charge in [-0.1, -0.05) is 69.9 Å². The average molecular weight is 297 g/mol. The van der Waals surface area contributed by atoms with Crippen molar-refractivity contribution in [3.63, 3.8) is 0 Å². The quantitative estimate of drug-likeness (QED) is 0.429. The lowest BCUT2D eigenvalue weighted by atomic mass is 9.88. The van der Waals surface area contributed by atoms with Gasteiger partial charge < -0.3 is 4.43 Å². The van der Waals surface area contributed by atoms with E-state index in [0.717, 1.165) is 0 Å². The Morgan fingerprint density at radius 2 is 1.15 bits per heavy atom. The first-order chi connectivity index (χ1) is 9.47. The van der Waals surface area contributed by atoms with Crippen LogP contribution in [0.5, 0.6) is 0 Å². The van der Waals surface area contributed by atoms with E-state index in [2.05, 4.69) is 38.7 Å². The fourth-order valence-corrected chi connectivity index (χ4v) is 4.92.